The maximum atomic E-state index is 12.5. The molecule has 94 valence electrons. The highest BCUT2D eigenvalue weighted by atomic mass is 19.4. The third-order valence-electron chi connectivity index (χ3n) is 2.81. The second-order valence-corrected chi connectivity index (χ2v) is 4.21. The van der Waals surface area contributed by atoms with Gasteiger partial charge in [-0.05, 0) is 43.7 Å². The van der Waals surface area contributed by atoms with Crippen molar-refractivity contribution in [3.63, 3.8) is 0 Å². The van der Waals surface area contributed by atoms with Gasteiger partial charge in [-0.1, -0.05) is 0 Å². The van der Waals surface area contributed by atoms with Crippen LogP contribution in [0.2, 0.25) is 0 Å². The van der Waals surface area contributed by atoms with E-state index in [1.807, 2.05) is 0 Å². The third-order valence-corrected chi connectivity index (χ3v) is 2.81. The van der Waals surface area contributed by atoms with Crippen LogP contribution in [0.3, 0.4) is 0 Å². The van der Waals surface area contributed by atoms with Crippen molar-refractivity contribution in [1.29, 1.82) is 0 Å². The van der Waals surface area contributed by atoms with Crippen molar-refractivity contribution < 1.29 is 17.9 Å². The minimum absolute atomic E-state index is 0.0606. The lowest BCUT2D eigenvalue weighted by Gasteiger charge is -2.16. The fourth-order valence-electron chi connectivity index (χ4n) is 1.87. The molecule has 1 N–H and O–H groups in total. The van der Waals surface area contributed by atoms with Crippen molar-refractivity contribution in [2.45, 2.75) is 25.6 Å². The number of hydrogen-bond donors (Lipinski definition) is 1. The molecule has 0 saturated carbocycles. The quantitative estimate of drug-likeness (QED) is 0.865. The van der Waals surface area contributed by atoms with Crippen LogP contribution in [0, 0.1) is 6.92 Å². The summed E-state index contributed by atoms with van der Waals surface area (Å²) in [5, 5.41) is 3.14. The fraction of sp³-hybridized carbons (Fsp3) is 0.500. The molecule has 0 amide bonds. The van der Waals surface area contributed by atoms with E-state index in [1.54, 1.807) is 6.92 Å². The number of halogens is 3. The van der Waals surface area contributed by atoms with E-state index in [-0.39, 0.29) is 6.10 Å². The van der Waals surface area contributed by atoms with Gasteiger partial charge in [0.25, 0.3) is 0 Å². The van der Waals surface area contributed by atoms with Gasteiger partial charge in [-0.2, -0.15) is 13.2 Å². The Balaban J connectivity index is 2.14. The first-order valence-electron chi connectivity index (χ1n) is 5.52. The summed E-state index contributed by atoms with van der Waals surface area (Å²) >= 11 is 0. The van der Waals surface area contributed by atoms with E-state index < -0.39 is 11.7 Å². The summed E-state index contributed by atoms with van der Waals surface area (Å²) in [6.07, 6.45) is -3.34. The summed E-state index contributed by atoms with van der Waals surface area (Å²) in [5.74, 6) is 0.534. The fourth-order valence-corrected chi connectivity index (χ4v) is 1.87. The van der Waals surface area contributed by atoms with Gasteiger partial charge in [0.05, 0.1) is 5.56 Å². The lowest BCUT2D eigenvalue weighted by atomic mass is 10.1. The van der Waals surface area contributed by atoms with E-state index in [0.717, 1.165) is 31.6 Å². The number of hydrogen-bond acceptors (Lipinski definition) is 2. The highest BCUT2D eigenvalue weighted by molar-refractivity contribution is 5.37. The van der Waals surface area contributed by atoms with Gasteiger partial charge >= 0.3 is 6.18 Å². The van der Waals surface area contributed by atoms with E-state index in [4.69, 9.17) is 4.74 Å². The summed E-state index contributed by atoms with van der Waals surface area (Å²) in [4.78, 5) is 0. The van der Waals surface area contributed by atoms with Crippen molar-refractivity contribution in [2.24, 2.45) is 0 Å². The molecule has 1 aliphatic rings. The molecule has 17 heavy (non-hydrogen) atoms. The van der Waals surface area contributed by atoms with Crippen LogP contribution in [0.4, 0.5) is 13.2 Å². The molecule has 1 atom stereocenters. The van der Waals surface area contributed by atoms with Crippen molar-refractivity contribution in [3.05, 3.63) is 29.3 Å². The molecule has 2 rings (SSSR count). The molecule has 0 aliphatic carbocycles. The molecule has 0 radical (unpaired) electrons. The molecule has 0 aromatic heterocycles. The molecule has 1 saturated heterocycles. The van der Waals surface area contributed by atoms with Gasteiger partial charge < -0.3 is 10.1 Å². The average Bonchev–Trinajstić information content (AvgIpc) is 2.72. The molecule has 0 spiro atoms. The number of rotatable bonds is 2. The van der Waals surface area contributed by atoms with Crippen molar-refractivity contribution in [1.82, 2.24) is 5.32 Å². The lowest BCUT2D eigenvalue weighted by molar-refractivity contribution is -0.137. The molecule has 1 unspecified atom stereocenters. The van der Waals surface area contributed by atoms with Crippen LogP contribution in [0.5, 0.6) is 5.75 Å². The Morgan fingerprint density at radius 2 is 2.12 bits per heavy atom. The second kappa shape index (κ2) is 4.56. The Kier molecular flexibility index (Phi) is 3.28. The highest BCUT2D eigenvalue weighted by Crippen LogP contribution is 2.32. The molecular formula is C12H14F3NO. The van der Waals surface area contributed by atoms with E-state index in [0.29, 0.717) is 11.3 Å². The zero-order chi connectivity index (χ0) is 12.5. The normalized spacial score (nSPS) is 20.6. The highest BCUT2D eigenvalue weighted by Gasteiger charge is 2.31. The summed E-state index contributed by atoms with van der Waals surface area (Å²) in [5.41, 5.74) is -0.112. The van der Waals surface area contributed by atoms with Crippen LogP contribution in [0.15, 0.2) is 18.2 Å². The van der Waals surface area contributed by atoms with Gasteiger partial charge in [0.15, 0.2) is 0 Å². The topological polar surface area (TPSA) is 21.3 Å². The Bertz CT molecular complexity index is 397. The molecule has 2 nitrogen and oxygen atoms in total. The maximum absolute atomic E-state index is 12.5. The van der Waals surface area contributed by atoms with E-state index >= 15 is 0 Å². The molecule has 1 aromatic carbocycles. The van der Waals surface area contributed by atoms with Crippen molar-refractivity contribution >= 4 is 0 Å². The van der Waals surface area contributed by atoms with Crippen molar-refractivity contribution in [3.8, 4) is 5.75 Å². The molecule has 1 heterocycles. The Labute approximate surface area is 97.8 Å². The Morgan fingerprint density at radius 3 is 2.65 bits per heavy atom. The Hall–Kier alpha value is -1.23. The van der Waals surface area contributed by atoms with E-state index in [1.165, 1.54) is 6.07 Å². The van der Waals surface area contributed by atoms with Crippen LogP contribution in [-0.4, -0.2) is 19.2 Å². The number of alkyl halides is 3. The van der Waals surface area contributed by atoms with Crippen LogP contribution in [0.1, 0.15) is 17.5 Å². The van der Waals surface area contributed by atoms with Crippen LogP contribution in [0.25, 0.3) is 0 Å². The predicted molar refractivity (Wildman–Crippen MR) is 58.1 cm³/mol. The summed E-state index contributed by atoms with van der Waals surface area (Å²) < 4.78 is 43.0. The predicted octanol–water partition coefficient (Wildman–Crippen LogP) is 2.75. The summed E-state index contributed by atoms with van der Waals surface area (Å²) in [6.45, 7) is 3.28. The molecule has 1 aliphatic heterocycles. The van der Waals surface area contributed by atoms with Crippen LogP contribution >= 0.6 is 0 Å². The number of benzene rings is 1. The number of aryl methyl sites for hydroxylation is 1. The van der Waals surface area contributed by atoms with Crippen LogP contribution < -0.4 is 10.1 Å². The zero-order valence-electron chi connectivity index (χ0n) is 9.47. The van der Waals surface area contributed by atoms with Gasteiger partial charge in [0, 0.05) is 6.54 Å². The molecule has 0 bridgehead atoms. The van der Waals surface area contributed by atoms with E-state index in [2.05, 4.69) is 5.32 Å². The second-order valence-electron chi connectivity index (χ2n) is 4.21. The summed E-state index contributed by atoms with van der Waals surface area (Å²) in [7, 11) is 0. The maximum Gasteiger partial charge on any atom is 0.416 e. The number of nitrogens with one attached hydrogen (secondary N) is 1. The Morgan fingerprint density at radius 1 is 1.35 bits per heavy atom. The van der Waals surface area contributed by atoms with Crippen LogP contribution in [-0.2, 0) is 6.18 Å². The van der Waals surface area contributed by atoms with Gasteiger partial charge in [0.2, 0.25) is 0 Å². The first-order chi connectivity index (χ1) is 7.97. The van der Waals surface area contributed by atoms with Gasteiger partial charge in [-0.25, -0.2) is 0 Å². The molecule has 1 fully saturated rings. The minimum atomic E-state index is -4.29. The third kappa shape index (κ3) is 2.91. The first kappa shape index (κ1) is 12.2. The van der Waals surface area contributed by atoms with Gasteiger partial charge in [-0.3, -0.25) is 0 Å². The first-order valence-corrected chi connectivity index (χ1v) is 5.52. The molecular weight excluding hydrogens is 231 g/mol. The van der Waals surface area contributed by atoms with E-state index in [9.17, 15) is 13.2 Å². The zero-order valence-corrected chi connectivity index (χ0v) is 9.47. The minimum Gasteiger partial charge on any atom is -0.489 e. The van der Waals surface area contributed by atoms with Gasteiger partial charge in [0.1, 0.15) is 11.9 Å². The smallest absolute Gasteiger partial charge is 0.416 e. The number of ether oxygens (including phenoxy) is 1. The van der Waals surface area contributed by atoms with Gasteiger partial charge in [-0.15, -0.1) is 0 Å². The monoisotopic (exact) mass is 245 g/mol. The average molecular weight is 245 g/mol. The molecule has 5 heteroatoms. The largest absolute Gasteiger partial charge is 0.489 e. The SMILES string of the molecule is Cc1cc(C(F)(F)F)ccc1OC1CCNC1. The lowest BCUT2D eigenvalue weighted by Crippen LogP contribution is -2.20. The standard InChI is InChI=1S/C12H14F3NO/c1-8-6-9(12(13,14)15)2-3-11(8)17-10-4-5-16-7-10/h2-3,6,10,16H,4-5,7H2,1H3. The molecule has 1 aromatic rings. The summed E-state index contributed by atoms with van der Waals surface area (Å²) in [6, 6.07) is 3.58. The van der Waals surface area contributed by atoms with Crippen molar-refractivity contribution in [2.75, 3.05) is 13.1 Å².